The van der Waals surface area contributed by atoms with Gasteiger partial charge in [-0.2, -0.15) is 4.68 Å². The van der Waals surface area contributed by atoms with Crippen LogP contribution in [0.5, 0.6) is 5.75 Å². The number of aromatic nitrogens is 4. The van der Waals surface area contributed by atoms with Gasteiger partial charge >= 0.3 is 6.03 Å². The second kappa shape index (κ2) is 7.23. The van der Waals surface area contributed by atoms with E-state index in [0.29, 0.717) is 11.5 Å². The van der Waals surface area contributed by atoms with E-state index < -0.39 is 0 Å². The summed E-state index contributed by atoms with van der Waals surface area (Å²) in [4.78, 5) is 12.0. The summed E-state index contributed by atoms with van der Waals surface area (Å²) in [5.41, 5.74) is 1.49. The van der Waals surface area contributed by atoms with Crippen molar-refractivity contribution in [2.75, 3.05) is 12.4 Å². The summed E-state index contributed by atoms with van der Waals surface area (Å²) in [5.74, 6) is 1.26. The Kier molecular flexibility index (Phi) is 4.66. The smallest absolute Gasteiger partial charge is 0.319 e. The molecule has 0 unspecified atom stereocenters. The van der Waals surface area contributed by atoms with Gasteiger partial charge in [-0.05, 0) is 46.8 Å². The number of nitrogens with zero attached hydrogens (tertiary/aromatic N) is 4. The van der Waals surface area contributed by atoms with Crippen molar-refractivity contribution in [2.24, 2.45) is 0 Å². The predicted octanol–water partition coefficient (Wildman–Crippen LogP) is 1.99. The van der Waals surface area contributed by atoms with Crippen molar-refractivity contribution in [1.82, 2.24) is 25.5 Å². The number of ether oxygens (including phenoxy) is 1. The number of tetrazole rings is 1. The number of carbonyl (C=O) groups is 1. The maximum absolute atomic E-state index is 12.0. The van der Waals surface area contributed by atoms with Crippen LogP contribution in [-0.4, -0.2) is 33.3 Å². The van der Waals surface area contributed by atoms with Gasteiger partial charge < -0.3 is 15.4 Å². The van der Waals surface area contributed by atoms with Crippen LogP contribution in [0.3, 0.4) is 0 Å². The Bertz CT molecular complexity index is 801. The fraction of sp³-hybridized carbons (Fsp3) is 0.125. The summed E-state index contributed by atoms with van der Waals surface area (Å²) >= 11 is 0. The Morgan fingerprint density at radius 1 is 1.12 bits per heavy atom. The molecule has 1 heterocycles. The van der Waals surface area contributed by atoms with E-state index in [4.69, 9.17) is 4.74 Å². The van der Waals surface area contributed by atoms with Crippen LogP contribution < -0.4 is 15.4 Å². The molecule has 3 rings (SSSR count). The second-order valence-corrected chi connectivity index (χ2v) is 4.88. The third-order valence-electron chi connectivity index (χ3n) is 3.29. The van der Waals surface area contributed by atoms with Gasteiger partial charge in [-0.3, -0.25) is 0 Å². The van der Waals surface area contributed by atoms with Gasteiger partial charge in [0.15, 0.2) is 5.82 Å². The number of urea groups is 1. The van der Waals surface area contributed by atoms with Crippen LogP contribution in [0.4, 0.5) is 10.5 Å². The highest BCUT2D eigenvalue weighted by Gasteiger charge is 2.09. The second-order valence-electron chi connectivity index (χ2n) is 4.88. The highest BCUT2D eigenvalue weighted by atomic mass is 16.5. The molecule has 0 atom stereocenters. The van der Waals surface area contributed by atoms with Crippen LogP contribution in [0.25, 0.3) is 5.69 Å². The molecule has 0 aliphatic carbocycles. The number of anilines is 1. The lowest BCUT2D eigenvalue weighted by molar-refractivity contribution is 0.251. The number of para-hydroxylation sites is 1. The summed E-state index contributed by atoms with van der Waals surface area (Å²) < 4.78 is 6.65. The standard InChI is InChI=1S/C16H16N6O2/c1-24-14-9-7-12(8-10-14)18-16(23)17-11-15-19-20-21-22(15)13-5-3-2-4-6-13/h2-10H,11H2,1H3,(H2,17,18,23). The van der Waals surface area contributed by atoms with Gasteiger partial charge in [0.2, 0.25) is 0 Å². The van der Waals surface area contributed by atoms with Crippen molar-refractivity contribution in [3.8, 4) is 11.4 Å². The number of carbonyl (C=O) groups excluding carboxylic acids is 1. The minimum absolute atomic E-state index is 0.198. The molecule has 0 aliphatic heterocycles. The molecule has 8 heteroatoms. The van der Waals surface area contributed by atoms with E-state index in [1.165, 1.54) is 0 Å². The normalized spacial score (nSPS) is 10.2. The zero-order chi connectivity index (χ0) is 16.8. The molecule has 0 saturated carbocycles. The van der Waals surface area contributed by atoms with Gasteiger partial charge in [-0.25, -0.2) is 4.79 Å². The molecule has 0 saturated heterocycles. The number of rotatable bonds is 5. The SMILES string of the molecule is COc1ccc(NC(=O)NCc2nnnn2-c2ccccc2)cc1. The van der Waals surface area contributed by atoms with Crippen LogP contribution in [-0.2, 0) is 6.54 Å². The number of hydrogen-bond donors (Lipinski definition) is 2. The molecule has 0 fully saturated rings. The molecule has 0 radical (unpaired) electrons. The van der Waals surface area contributed by atoms with Crippen molar-refractivity contribution in [3.63, 3.8) is 0 Å². The third-order valence-corrected chi connectivity index (χ3v) is 3.29. The van der Waals surface area contributed by atoms with Crippen molar-refractivity contribution in [1.29, 1.82) is 0 Å². The average Bonchev–Trinajstić information content (AvgIpc) is 3.10. The molecule has 3 aromatic rings. The van der Waals surface area contributed by atoms with Gasteiger partial charge in [0.1, 0.15) is 5.75 Å². The van der Waals surface area contributed by atoms with Crippen molar-refractivity contribution < 1.29 is 9.53 Å². The van der Waals surface area contributed by atoms with E-state index in [1.807, 2.05) is 30.3 Å². The van der Waals surface area contributed by atoms with Gasteiger partial charge in [-0.15, -0.1) is 5.10 Å². The molecule has 8 nitrogen and oxygen atoms in total. The number of nitrogens with one attached hydrogen (secondary N) is 2. The summed E-state index contributed by atoms with van der Waals surface area (Å²) in [6.07, 6.45) is 0. The van der Waals surface area contributed by atoms with Gasteiger partial charge in [-0.1, -0.05) is 18.2 Å². The first kappa shape index (κ1) is 15.5. The highest BCUT2D eigenvalue weighted by molar-refractivity contribution is 5.89. The van der Waals surface area contributed by atoms with E-state index in [0.717, 1.165) is 11.4 Å². The van der Waals surface area contributed by atoms with Gasteiger partial charge in [0, 0.05) is 5.69 Å². The Morgan fingerprint density at radius 3 is 2.58 bits per heavy atom. The lowest BCUT2D eigenvalue weighted by atomic mass is 10.3. The van der Waals surface area contributed by atoms with Crippen LogP contribution in [0.15, 0.2) is 54.6 Å². The van der Waals surface area contributed by atoms with Crippen molar-refractivity contribution in [2.45, 2.75) is 6.54 Å². The monoisotopic (exact) mass is 324 g/mol. The molecular weight excluding hydrogens is 308 g/mol. The molecule has 1 aromatic heterocycles. The third kappa shape index (κ3) is 3.67. The van der Waals surface area contributed by atoms with Gasteiger partial charge in [0.05, 0.1) is 19.3 Å². The maximum Gasteiger partial charge on any atom is 0.319 e. The number of methoxy groups -OCH3 is 1. The first-order valence-corrected chi connectivity index (χ1v) is 7.28. The van der Waals surface area contributed by atoms with Crippen LogP contribution in [0.2, 0.25) is 0 Å². The predicted molar refractivity (Wildman–Crippen MR) is 88.0 cm³/mol. The molecule has 2 aromatic carbocycles. The molecular formula is C16H16N6O2. The van der Waals surface area contributed by atoms with E-state index >= 15 is 0 Å². The Morgan fingerprint density at radius 2 is 1.88 bits per heavy atom. The highest BCUT2D eigenvalue weighted by Crippen LogP contribution is 2.14. The summed E-state index contributed by atoms with van der Waals surface area (Å²) in [5, 5.41) is 17.0. The zero-order valence-electron chi connectivity index (χ0n) is 13.0. The largest absolute Gasteiger partial charge is 0.497 e. The molecule has 0 spiro atoms. The van der Waals surface area contributed by atoms with E-state index in [2.05, 4.69) is 26.2 Å². The lowest BCUT2D eigenvalue weighted by Gasteiger charge is -2.08. The Balaban J connectivity index is 1.60. The molecule has 122 valence electrons. The van der Waals surface area contributed by atoms with E-state index in [1.54, 1.807) is 36.1 Å². The summed E-state index contributed by atoms with van der Waals surface area (Å²) in [6, 6.07) is 16.2. The number of benzene rings is 2. The van der Waals surface area contributed by atoms with E-state index in [9.17, 15) is 4.79 Å². The molecule has 0 bridgehead atoms. The molecule has 0 aliphatic rings. The number of amides is 2. The first-order chi connectivity index (χ1) is 11.8. The topological polar surface area (TPSA) is 94.0 Å². The van der Waals surface area contributed by atoms with Crippen LogP contribution in [0.1, 0.15) is 5.82 Å². The molecule has 24 heavy (non-hydrogen) atoms. The zero-order valence-corrected chi connectivity index (χ0v) is 13.0. The lowest BCUT2D eigenvalue weighted by Crippen LogP contribution is -2.29. The average molecular weight is 324 g/mol. The Labute approximate surface area is 138 Å². The van der Waals surface area contributed by atoms with Crippen LogP contribution >= 0.6 is 0 Å². The fourth-order valence-corrected chi connectivity index (χ4v) is 2.09. The van der Waals surface area contributed by atoms with Gasteiger partial charge in [0.25, 0.3) is 0 Å². The summed E-state index contributed by atoms with van der Waals surface area (Å²) in [7, 11) is 1.59. The molecule has 2 N–H and O–H groups in total. The Hall–Kier alpha value is -3.42. The quantitative estimate of drug-likeness (QED) is 0.748. The summed E-state index contributed by atoms with van der Waals surface area (Å²) in [6.45, 7) is 0.198. The van der Waals surface area contributed by atoms with Crippen molar-refractivity contribution >= 4 is 11.7 Å². The minimum atomic E-state index is -0.345. The number of hydrogen-bond acceptors (Lipinski definition) is 5. The molecule has 2 amide bonds. The first-order valence-electron chi connectivity index (χ1n) is 7.28. The fourth-order valence-electron chi connectivity index (χ4n) is 2.09. The van der Waals surface area contributed by atoms with Crippen molar-refractivity contribution in [3.05, 3.63) is 60.4 Å². The van der Waals surface area contributed by atoms with E-state index in [-0.39, 0.29) is 12.6 Å². The van der Waals surface area contributed by atoms with Crippen LogP contribution in [0, 0.1) is 0 Å². The minimum Gasteiger partial charge on any atom is -0.497 e. The maximum atomic E-state index is 12.0.